The molecule has 0 saturated carbocycles. The molecule has 1 nitrogen and oxygen atoms in total. The standard InChI is InChI=1S/C11H13F3O/c1-3-8(2)9-5-4-6-10(7-9)15-11(12,13)14/h4-8H,3H2,1-2H3. The SMILES string of the molecule is CCC(C)c1cccc(OC(F)(F)F)c1. The Morgan fingerprint density at radius 3 is 2.53 bits per heavy atom. The van der Waals surface area contributed by atoms with Gasteiger partial charge in [0.15, 0.2) is 0 Å². The van der Waals surface area contributed by atoms with Gasteiger partial charge in [0.05, 0.1) is 0 Å². The molecule has 1 rings (SSSR count). The normalized spacial score (nSPS) is 13.7. The lowest BCUT2D eigenvalue weighted by Gasteiger charge is -2.12. The van der Waals surface area contributed by atoms with Crippen LogP contribution in [0.5, 0.6) is 5.75 Å². The van der Waals surface area contributed by atoms with Crippen molar-refractivity contribution >= 4 is 0 Å². The molecule has 4 heteroatoms. The molecule has 15 heavy (non-hydrogen) atoms. The highest BCUT2D eigenvalue weighted by Crippen LogP contribution is 2.27. The van der Waals surface area contributed by atoms with Crippen molar-refractivity contribution in [2.45, 2.75) is 32.5 Å². The monoisotopic (exact) mass is 218 g/mol. The molecule has 1 aromatic carbocycles. The van der Waals surface area contributed by atoms with Gasteiger partial charge < -0.3 is 4.74 Å². The van der Waals surface area contributed by atoms with Crippen LogP contribution in [0.15, 0.2) is 24.3 Å². The molecule has 0 saturated heterocycles. The van der Waals surface area contributed by atoms with Crippen molar-refractivity contribution in [2.24, 2.45) is 0 Å². The van der Waals surface area contributed by atoms with E-state index in [-0.39, 0.29) is 11.7 Å². The highest BCUT2D eigenvalue weighted by atomic mass is 19.4. The molecule has 0 aliphatic carbocycles. The number of hydrogen-bond acceptors (Lipinski definition) is 1. The Balaban J connectivity index is 2.83. The van der Waals surface area contributed by atoms with Gasteiger partial charge in [0.25, 0.3) is 0 Å². The van der Waals surface area contributed by atoms with E-state index < -0.39 is 6.36 Å². The van der Waals surface area contributed by atoms with Crippen molar-refractivity contribution in [3.8, 4) is 5.75 Å². The number of ether oxygens (including phenoxy) is 1. The summed E-state index contributed by atoms with van der Waals surface area (Å²) in [4.78, 5) is 0. The first kappa shape index (κ1) is 11.9. The first-order valence-corrected chi connectivity index (χ1v) is 4.78. The van der Waals surface area contributed by atoms with Crippen molar-refractivity contribution in [1.82, 2.24) is 0 Å². The Labute approximate surface area is 86.9 Å². The molecule has 1 aromatic rings. The van der Waals surface area contributed by atoms with Gasteiger partial charge in [0, 0.05) is 0 Å². The Morgan fingerprint density at radius 1 is 1.33 bits per heavy atom. The zero-order valence-electron chi connectivity index (χ0n) is 8.64. The quantitative estimate of drug-likeness (QED) is 0.742. The van der Waals surface area contributed by atoms with Crippen LogP contribution in [0, 0.1) is 0 Å². The summed E-state index contributed by atoms with van der Waals surface area (Å²) in [6.45, 7) is 3.95. The van der Waals surface area contributed by atoms with Crippen LogP contribution in [-0.2, 0) is 0 Å². The molecule has 0 bridgehead atoms. The molecule has 0 aromatic heterocycles. The van der Waals surface area contributed by atoms with E-state index in [0.29, 0.717) is 0 Å². The summed E-state index contributed by atoms with van der Waals surface area (Å²) in [5.74, 6) is 0.0853. The lowest BCUT2D eigenvalue weighted by molar-refractivity contribution is -0.274. The van der Waals surface area contributed by atoms with Crippen molar-refractivity contribution in [2.75, 3.05) is 0 Å². The van der Waals surface area contributed by atoms with Crippen LogP contribution in [0.1, 0.15) is 31.7 Å². The van der Waals surface area contributed by atoms with Gasteiger partial charge in [0.2, 0.25) is 0 Å². The van der Waals surface area contributed by atoms with Gasteiger partial charge in [-0.15, -0.1) is 13.2 Å². The maximum absolute atomic E-state index is 11.9. The van der Waals surface area contributed by atoms with E-state index in [0.717, 1.165) is 12.0 Å². The van der Waals surface area contributed by atoms with Crippen LogP contribution in [0.25, 0.3) is 0 Å². The summed E-state index contributed by atoms with van der Waals surface area (Å²) in [6.07, 6.45) is -3.73. The van der Waals surface area contributed by atoms with Gasteiger partial charge in [-0.1, -0.05) is 26.0 Å². The molecule has 84 valence electrons. The molecule has 0 radical (unpaired) electrons. The number of alkyl halides is 3. The molecule has 0 fully saturated rings. The molecule has 1 atom stereocenters. The topological polar surface area (TPSA) is 9.23 Å². The van der Waals surface area contributed by atoms with Gasteiger partial charge in [-0.3, -0.25) is 0 Å². The summed E-state index contributed by atoms with van der Waals surface area (Å²) < 4.78 is 39.6. The van der Waals surface area contributed by atoms with E-state index in [4.69, 9.17) is 0 Å². The smallest absolute Gasteiger partial charge is 0.406 e. The molecular weight excluding hydrogens is 205 g/mol. The van der Waals surface area contributed by atoms with Crippen LogP contribution < -0.4 is 4.74 Å². The summed E-state index contributed by atoms with van der Waals surface area (Å²) >= 11 is 0. The molecular formula is C11H13F3O. The lowest BCUT2D eigenvalue weighted by atomic mass is 9.99. The molecule has 0 heterocycles. The predicted octanol–water partition coefficient (Wildman–Crippen LogP) is 4.10. The van der Waals surface area contributed by atoms with Crippen molar-refractivity contribution in [3.63, 3.8) is 0 Å². The second-order valence-electron chi connectivity index (χ2n) is 3.43. The minimum absolute atomic E-state index is 0.152. The van der Waals surface area contributed by atoms with Crippen LogP contribution >= 0.6 is 0 Å². The minimum Gasteiger partial charge on any atom is -0.406 e. The van der Waals surface area contributed by atoms with Crippen molar-refractivity contribution in [3.05, 3.63) is 29.8 Å². The molecule has 0 amide bonds. The molecule has 0 aliphatic rings. The summed E-state index contributed by atoms with van der Waals surface area (Å²) in [5, 5.41) is 0. The Morgan fingerprint density at radius 2 is 2.00 bits per heavy atom. The number of halogens is 3. The summed E-state index contributed by atoms with van der Waals surface area (Å²) in [5.41, 5.74) is 0.860. The van der Waals surface area contributed by atoms with E-state index in [9.17, 15) is 13.2 Å². The average molecular weight is 218 g/mol. The van der Waals surface area contributed by atoms with Crippen LogP contribution in [0.2, 0.25) is 0 Å². The number of benzene rings is 1. The van der Waals surface area contributed by atoms with E-state index >= 15 is 0 Å². The maximum atomic E-state index is 11.9. The molecule has 1 unspecified atom stereocenters. The molecule has 0 N–H and O–H groups in total. The van der Waals surface area contributed by atoms with E-state index in [1.54, 1.807) is 12.1 Å². The third-order valence-corrected chi connectivity index (χ3v) is 2.27. The van der Waals surface area contributed by atoms with Crippen LogP contribution in [0.3, 0.4) is 0 Å². The van der Waals surface area contributed by atoms with Gasteiger partial charge >= 0.3 is 6.36 Å². The highest BCUT2D eigenvalue weighted by Gasteiger charge is 2.31. The second kappa shape index (κ2) is 4.55. The summed E-state index contributed by atoms with van der Waals surface area (Å²) in [6, 6.07) is 6.11. The Hall–Kier alpha value is -1.19. The van der Waals surface area contributed by atoms with E-state index in [2.05, 4.69) is 4.74 Å². The zero-order valence-corrected chi connectivity index (χ0v) is 8.64. The number of hydrogen-bond donors (Lipinski definition) is 0. The number of rotatable bonds is 3. The fraction of sp³-hybridized carbons (Fsp3) is 0.455. The zero-order chi connectivity index (χ0) is 11.5. The Kier molecular flexibility index (Phi) is 3.61. The average Bonchev–Trinajstić information content (AvgIpc) is 2.14. The van der Waals surface area contributed by atoms with Gasteiger partial charge in [-0.05, 0) is 30.0 Å². The van der Waals surface area contributed by atoms with E-state index in [1.165, 1.54) is 12.1 Å². The first-order valence-electron chi connectivity index (χ1n) is 4.78. The van der Waals surface area contributed by atoms with Crippen LogP contribution in [-0.4, -0.2) is 6.36 Å². The fourth-order valence-electron chi connectivity index (χ4n) is 1.25. The highest BCUT2D eigenvalue weighted by molar-refractivity contribution is 5.30. The Bertz CT molecular complexity index is 320. The largest absolute Gasteiger partial charge is 0.573 e. The molecule has 0 aliphatic heterocycles. The third-order valence-electron chi connectivity index (χ3n) is 2.27. The summed E-state index contributed by atoms with van der Waals surface area (Å²) in [7, 11) is 0. The fourth-order valence-corrected chi connectivity index (χ4v) is 1.25. The van der Waals surface area contributed by atoms with Crippen LogP contribution in [0.4, 0.5) is 13.2 Å². The second-order valence-corrected chi connectivity index (χ2v) is 3.43. The van der Waals surface area contributed by atoms with Gasteiger partial charge in [0.1, 0.15) is 5.75 Å². The van der Waals surface area contributed by atoms with Gasteiger partial charge in [-0.25, -0.2) is 0 Å². The first-order chi connectivity index (χ1) is 6.92. The molecule has 0 spiro atoms. The van der Waals surface area contributed by atoms with Gasteiger partial charge in [-0.2, -0.15) is 0 Å². The van der Waals surface area contributed by atoms with E-state index in [1.807, 2.05) is 13.8 Å². The third kappa shape index (κ3) is 3.81. The minimum atomic E-state index is -4.62. The van der Waals surface area contributed by atoms with Crippen molar-refractivity contribution in [1.29, 1.82) is 0 Å². The predicted molar refractivity (Wildman–Crippen MR) is 51.8 cm³/mol. The van der Waals surface area contributed by atoms with Crippen molar-refractivity contribution < 1.29 is 17.9 Å². The maximum Gasteiger partial charge on any atom is 0.573 e. The lowest BCUT2D eigenvalue weighted by Crippen LogP contribution is -2.17.